The van der Waals surface area contributed by atoms with Crippen LogP contribution in [0, 0.1) is 0 Å². The van der Waals surface area contributed by atoms with E-state index in [-0.39, 0.29) is 29.9 Å². The van der Waals surface area contributed by atoms with Gasteiger partial charge in [-0.05, 0) is 73.4 Å². The summed E-state index contributed by atoms with van der Waals surface area (Å²) >= 11 is 0. The number of nitrogens with zero attached hydrogens (tertiary/aromatic N) is 1. The Hall–Kier alpha value is -5.05. The molecular formula is C32H32N2O7. The van der Waals surface area contributed by atoms with Crippen molar-refractivity contribution in [3.05, 3.63) is 96.1 Å². The number of phenols is 1. The number of carbonyl (C=O) groups excluding carboxylic acids is 3. The standard InChI is InChI=1S/C17H19NO3.C15H13NO4/c19-17(18-10-4-1-5-11-18)7-3-2-6-14-8-9-15-16(12-14)21-13-20-15;1-10(17)16-11-6-8-12(9-7-11)20-15(19)13-4-2-3-5-14(13)18/h2-3,6-9,12H,1,4-5,10-11,13H2;2-9,18H,1H3,(H,16,17). The van der Waals surface area contributed by atoms with Crippen LogP contribution >= 0.6 is 0 Å². The molecule has 41 heavy (non-hydrogen) atoms. The Morgan fingerprint density at radius 1 is 0.902 bits per heavy atom. The van der Waals surface area contributed by atoms with Gasteiger partial charge in [0.05, 0.1) is 0 Å². The average molecular weight is 557 g/mol. The fourth-order valence-electron chi connectivity index (χ4n) is 4.16. The molecule has 2 amide bonds. The summed E-state index contributed by atoms with van der Waals surface area (Å²) in [5.41, 5.74) is 1.73. The zero-order chi connectivity index (χ0) is 29.0. The number of esters is 1. The van der Waals surface area contributed by atoms with Crippen LogP contribution in [-0.2, 0) is 9.59 Å². The van der Waals surface area contributed by atoms with Crippen LogP contribution in [0.15, 0.2) is 85.0 Å². The fraction of sp³-hybridized carbons (Fsp3) is 0.219. The summed E-state index contributed by atoms with van der Waals surface area (Å²) in [6.45, 7) is 3.46. The van der Waals surface area contributed by atoms with E-state index in [1.54, 1.807) is 48.6 Å². The highest BCUT2D eigenvalue weighted by molar-refractivity contribution is 5.94. The van der Waals surface area contributed by atoms with Crippen LogP contribution in [-0.4, -0.2) is 47.7 Å². The Kier molecular flexibility index (Phi) is 10.1. The number of fused-ring (bicyclic) bond motifs is 1. The van der Waals surface area contributed by atoms with Crippen molar-refractivity contribution in [2.75, 3.05) is 25.2 Å². The van der Waals surface area contributed by atoms with Crippen molar-refractivity contribution >= 4 is 29.5 Å². The first-order chi connectivity index (χ1) is 19.9. The van der Waals surface area contributed by atoms with Gasteiger partial charge in [0, 0.05) is 31.8 Å². The smallest absolute Gasteiger partial charge is 0.347 e. The van der Waals surface area contributed by atoms with Crippen LogP contribution in [0.25, 0.3) is 6.08 Å². The van der Waals surface area contributed by atoms with Gasteiger partial charge in [-0.25, -0.2) is 4.79 Å². The van der Waals surface area contributed by atoms with Crippen molar-refractivity contribution in [1.29, 1.82) is 0 Å². The summed E-state index contributed by atoms with van der Waals surface area (Å²) in [5.74, 6) is 1.03. The van der Waals surface area contributed by atoms with E-state index in [4.69, 9.17) is 14.2 Å². The number of nitrogens with one attached hydrogen (secondary N) is 1. The molecule has 9 nitrogen and oxygen atoms in total. The molecule has 9 heteroatoms. The number of ether oxygens (including phenoxy) is 3. The zero-order valence-corrected chi connectivity index (χ0v) is 22.7. The number of amides is 2. The molecule has 0 aliphatic carbocycles. The minimum Gasteiger partial charge on any atom is -0.507 e. The van der Waals surface area contributed by atoms with E-state index >= 15 is 0 Å². The summed E-state index contributed by atoms with van der Waals surface area (Å²) in [7, 11) is 0. The van der Waals surface area contributed by atoms with Gasteiger partial charge in [0.25, 0.3) is 0 Å². The van der Waals surface area contributed by atoms with Gasteiger partial charge in [0.15, 0.2) is 11.5 Å². The summed E-state index contributed by atoms with van der Waals surface area (Å²) < 4.78 is 15.7. The van der Waals surface area contributed by atoms with E-state index in [0.29, 0.717) is 11.4 Å². The molecule has 2 N–H and O–H groups in total. The topological polar surface area (TPSA) is 114 Å². The van der Waals surface area contributed by atoms with E-state index < -0.39 is 5.97 Å². The number of allylic oxidation sites excluding steroid dienone is 2. The number of phenolic OH excluding ortho intramolecular Hbond substituents is 1. The van der Waals surface area contributed by atoms with Crippen LogP contribution in [0.2, 0.25) is 0 Å². The fourth-order valence-corrected chi connectivity index (χ4v) is 4.16. The Morgan fingerprint density at radius 2 is 1.63 bits per heavy atom. The van der Waals surface area contributed by atoms with Gasteiger partial charge in [-0.3, -0.25) is 9.59 Å². The molecule has 0 atom stereocenters. The Balaban J connectivity index is 0.000000189. The summed E-state index contributed by atoms with van der Waals surface area (Å²) in [4.78, 5) is 36.6. The molecule has 1 fully saturated rings. The monoisotopic (exact) mass is 556 g/mol. The molecule has 0 aromatic heterocycles. The Morgan fingerprint density at radius 3 is 2.37 bits per heavy atom. The maximum absolute atomic E-state index is 11.9. The second-order valence-electron chi connectivity index (χ2n) is 9.33. The van der Waals surface area contributed by atoms with E-state index in [2.05, 4.69) is 5.32 Å². The van der Waals surface area contributed by atoms with Gasteiger partial charge in [-0.2, -0.15) is 0 Å². The van der Waals surface area contributed by atoms with Gasteiger partial charge in [-0.15, -0.1) is 0 Å². The summed E-state index contributed by atoms with van der Waals surface area (Å²) in [5, 5.41) is 12.2. The third-order valence-corrected chi connectivity index (χ3v) is 6.21. The number of para-hydroxylation sites is 1. The third kappa shape index (κ3) is 8.72. The molecule has 1 saturated heterocycles. The van der Waals surface area contributed by atoms with Crippen LogP contribution < -0.4 is 19.5 Å². The number of carbonyl (C=O) groups is 3. The summed E-state index contributed by atoms with van der Waals surface area (Å²) in [6, 6.07) is 18.3. The van der Waals surface area contributed by atoms with Crippen LogP contribution in [0.1, 0.15) is 42.1 Å². The molecule has 5 rings (SSSR count). The van der Waals surface area contributed by atoms with Gasteiger partial charge in [0.1, 0.15) is 17.1 Å². The lowest BCUT2D eigenvalue weighted by Gasteiger charge is -2.25. The molecule has 2 heterocycles. The van der Waals surface area contributed by atoms with Crippen molar-refractivity contribution < 1.29 is 33.7 Å². The molecule has 3 aromatic rings. The number of likely N-dealkylation sites (tertiary alicyclic amines) is 1. The predicted octanol–water partition coefficient (Wildman–Crippen LogP) is 5.57. The molecule has 2 aliphatic heterocycles. The highest BCUT2D eigenvalue weighted by atomic mass is 16.7. The molecule has 0 unspecified atom stereocenters. The van der Waals surface area contributed by atoms with E-state index in [0.717, 1.165) is 43.0 Å². The lowest BCUT2D eigenvalue weighted by molar-refractivity contribution is -0.126. The van der Waals surface area contributed by atoms with Crippen molar-refractivity contribution in [3.63, 3.8) is 0 Å². The second kappa shape index (κ2) is 14.4. The quantitative estimate of drug-likeness (QED) is 0.177. The van der Waals surface area contributed by atoms with Gasteiger partial charge in [-0.1, -0.05) is 36.4 Å². The molecule has 3 aromatic carbocycles. The molecule has 0 radical (unpaired) electrons. The molecular weight excluding hydrogens is 524 g/mol. The number of anilines is 1. The van der Waals surface area contributed by atoms with Crippen LogP contribution in [0.4, 0.5) is 5.69 Å². The summed E-state index contributed by atoms with van der Waals surface area (Å²) in [6.07, 6.45) is 10.7. The first kappa shape index (κ1) is 28.9. The number of hydrogen-bond donors (Lipinski definition) is 2. The lowest BCUT2D eigenvalue weighted by Crippen LogP contribution is -2.34. The molecule has 2 aliphatic rings. The highest BCUT2D eigenvalue weighted by Crippen LogP contribution is 2.32. The van der Waals surface area contributed by atoms with Crippen molar-refractivity contribution in [1.82, 2.24) is 4.90 Å². The number of benzene rings is 3. The molecule has 212 valence electrons. The number of piperidine rings is 1. The lowest BCUT2D eigenvalue weighted by atomic mass is 10.1. The maximum atomic E-state index is 11.9. The first-order valence-electron chi connectivity index (χ1n) is 13.3. The molecule has 0 bridgehead atoms. The van der Waals surface area contributed by atoms with E-state index in [1.165, 1.54) is 25.5 Å². The van der Waals surface area contributed by atoms with Crippen LogP contribution in [0.3, 0.4) is 0 Å². The van der Waals surface area contributed by atoms with Crippen molar-refractivity contribution in [2.24, 2.45) is 0 Å². The molecule has 0 spiro atoms. The zero-order valence-electron chi connectivity index (χ0n) is 22.7. The van der Waals surface area contributed by atoms with Gasteiger partial charge in [0.2, 0.25) is 18.6 Å². The first-order valence-corrected chi connectivity index (χ1v) is 13.3. The van der Waals surface area contributed by atoms with Gasteiger partial charge < -0.3 is 29.5 Å². The largest absolute Gasteiger partial charge is 0.507 e. The Bertz CT molecular complexity index is 1420. The van der Waals surface area contributed by atoms with Crippen LogP contribution in [0.5, 0.6) is 23.0 Å². The Labute approximate surface area is 238 Å². The van der Waals surface area contributed by atoms with E-state index in [1.807, 2.05) is 35.3 Å². The normalized spacial score (nSPS) is 13.9. The highest BCUT2D eigenvalue weighted by Gasteiger charge is 2.14. The second-order valence-corrected chi connectivity index (χ2v) is 9.33. The van der Waals surface area contributed by atoms with Crippen molar-refractivity contribution in [3.8, 4) is 23.0 Å². The number of aromatic hydroxyl groups is 1. The predicted molar refractivity (Wildman–Crippen MR) is 155 cm³/mol. The minimum atomic E-state index is -0.643. The number of rotatable bonds is 6. The number of hydrogen-bond acceptors (Lipinski definition) is 7. The maximum Gasteiger partial charge on any atom is 0.347 e. The third-order valence-electron chi connectivity index (χ3n) is 6.21. The van der Waals surface area contributed by atoms with Gasteiger partial charge >= 0.3 is 5.97 Å². The SMILES string of the molecule is CC(=O)Nc1ccc(OC(=O)c2ccccc2O)cc1.O=C(C=CC=Cc1ccc2c(c1)OCO2)N1CCCCC1. The minimum absolute atomic E-state index is 0.0958. The van der Waals surface area contributed by atoms with Crippen molar-refractivity contribution in [2.45, 2.75) is 26.2 Å². The molecule has 0 saturated carbocycles. The van der Waals surface area contributed by atoms with E-state index in [9.17, 15) is 19.5 Å². The average Bonchev–Trinajstić information content (AvgIpc) is 3.45.